The molecule has 0 saturated carbocycles. The number of aromatic nitrogens is 2. The second-order valence-corrected chi connectivity index (χ2v) is 13.9. The van der Waals surface area contributed by atoms with Crippen molar-refractivity contribution in [3.8, 4) is 10.7 Å². The summed E-state index contributed by atoms with van der Waals surface area (Å²) in [6, 6.07) is 32.6. The van der Waals surface area contributed by atoms with Gasteiger partial charge in [-0.1, -0.05) is 54.6 Å². The molecular weight excluding hydrogens is 602 g/mol. The summed E-state index contributed by atoms with van der Waals surface area (Å²) in [5.74, 6) is 0. The quantitative estimate of drug-likeness (QED) is 0.223. The Morgan fingerprint density at radius 3 is 1.63 bits per heavy atom. The van der Waals surface area contributed by atoms with E-state index in [0.717, 1.165) is 22.6 Å². The van der Waals surface area contributed by atoms with Gasteiger partial charge in [-0.3, -0.25) is 0 Å². The predicted molar refractivity (Wildman–Crippen MR) is 147 cm³/mol. The van der Waals surface area contributed by atoms with E-state index in [1.807, 2.05) is 5.38 Å². The Kier molecular flexibility index (Phi) is 8.19. The van der Waals surface area contributed by atoms with E-state index < -0.39 is 12.9 Å². The molecule has 3 aromatic carbocycles. The Labute approximate surface area is 232 Å². The third kappa shape index (κ3) is 5.42. The molecule has 0 aliphatic carbocycles. The van der Waals surface area contributed by atoms with Gasteiger partial charge < -0.3 is 29.1 Å². The first kappa shape index (κ1) is 26.1. The monoisotopic (exact) mass is 628 g/mol. The smallest absolute Gasteiger partial charge is 0.143 e. The summed E-state index contributed by atoms with van der Waals surface area (Å²) in [5, 5.41) is 20.1. The van der Waals surface area contributed by atoms with Crippen LogP contribution in [-0.4, -0.2) is 15.1 Å². The van der Waals surface area contributed by atoms with Crippen molar-refractivity contribution in [3.63, 3.8) is 0 Å². The zero-order chi connectivity index (χ0) is 23.6. The maximum absolute atomic E-state index is 10.3. The fraction of sp³-hybridized carbons (Fsp3) is 0.143. The van der Waals surface area contributed by atoms with Crippen molar-refractivity contribution < 1.29 is 29.1 Å². The topological polar surface area (TPSA) is 46.0 Å². The number of thiazole rings is 2. The van der Waals surface area contributed by atoms with E-state index in [1.165, 1.54) is 27.3 Å². The van der Waals surface area contributed by atoms with Crippen molar-refractivity contribution in [2.45, 2.75) is 25.6 Å². The molecule has 0 spiro atoms. The standard InChI is InChI=1S/C28H26N2OPS2.HI/c1-28(2,31)27-30-25(20-34-27)26-29-21(19-33-26)18-32(22-12-6-3-7-13-22,23-14-8-4-9-15-23)24-16-10-5-11-17-24;/h3-17,19-20,31H,18H2,1-2H3;1H/q+1;/p-1. The van der Waals surface area contributed by atoms with Gasteiger partial charge in [0.05, 0.1) is 5.69 Å². The van der Waals surface area contributed by atoms with Crippen LogP contribution in [0.3, 0.4) is 0 Å². The maximum atomic E-state index is 10.3. The average molecular weight is 629 g/mol. The van der Waals surface area contributed by atoms with Crippen LogP contribution in [0.4, 0.5) is 0 Å². The highest BCUT2D eigenvalue weighted by Crippen LogP contribution is 2.58. The van der Waals surface area contributed by atoms with Crippen LogP contribution in [0, 0.1) is 0 Å². The molecule has 5 rings (SSSR count). The Morgan fingerprint density at radius 1 is 0.714 bits per heavy atom. The summed E-state index contributed by atoms with van der Waals surface area (Å²) in [6.07, 6.45) is 0.837. The first-order chi connectivity index (χ1) is 16.5. The van der Waals surface area contributed by atoms with Crippen molar-refractivity contribution in [1.82, 2.24) is 9.97 Å². The third-order valence-electron chi connectivity index (χ3n) is 5.79. The van der Waals surface area contributed by atoms with E-state index in [2.05, 4.69) is 101 Å². The molecule has 1 N–H and O–H groups in total. The molecule has 0 unspecified atom stereocenters. The molecule has 0 atom stereocenters. The molecule has 0 fully saturated rings. The molecule has 0 amide bonds. The Hall–Kier alpha value is -1.96. The summed E-state index contributed by atoms with van der Waals surface area (Å²) in [7, 11) is -1.99. The highest BCUT2D eigenvalue weighted by Gasteiger charge is 2.46. The van der Waals surface area contributed by atoms with Gasteiger partial charge in [-0.05, 0) is 50.2 Å². The van der Waals surface area contributed by atoms with E-state index in [4.69, 9.17) is 4.98 Å². The second-order valence-electron chi connectivity index (χ2n) is 8.72. The molecule has 0 radical (unpaired) electrons. The van der Waals surface area contributed by atoms with Crippen LogP contribution in [0.1, 0.15) is 24.5 Å². The summed E-state index contributed by atoms with van der Waals surface area (Å²) in [6.45, 7) is 3.53. The molecule has 0 aliphatic rings. The van der Waals surface area contributed by atoms with Gasteiger partial charge in [-0.15, -0.1) is 22.7 Å². The lowest BCUT2D eigenvalue weighted by molar-refractivity contribution is -0.0000136. The van der Waals surface area contributed by atoms with Gasteiger partial charge in [-0.2, -0.15) is 0 Å². The molecular formula is C28H26IN2OPS2. The van der Waals surface area contributed by atoms with Crippen LogP contribution in [0.25, 0.3) is 10.7 Å². The summed E-state index contributed by atoms with van der Waals surface area (Å²) in [5.41, 5.74) is 0.960. The predicted octanol–water partition coefficient (Wildman–Crippen LogP) is 2.99. The number of hydrogen-bond donors (Lipinski definition) is 1. The first-order valence-electron chi connectivity index (χ1n) is 11.1. The van der Waals surface area contributed by atoms with Gasteiger partial charge in [0.25, 0.3) is 0 Å². The van der Waals surface area contributed by atoms with Gasteiger partial charge >= 0.3 is 0 Å². The summed E-state index contributed by atoms with van der Waals surface area (Å²) < 4.78 is 0. The van der Waals surface area contributed by atoms with Crippen molar-refractivity contribution in [3.05, 3.63) is 112 Å². The van der Waals surface area contributed by atoms with E-state index in [0.29, 0.717) is 5.01 Å². The molecule has 0 bridgehead atoms. The van der Waals surface area contributed by atoms with Crippen LogP contribution in [-0.2, 0) is 11.8 Å². The number of nitrogens with zero attached hydrogens (tertiary/aromatic N) is 2. The SMILES string of the molecule is CC(C)(O)c1nc(-c2nc(C[P+](c3ccccc3)(c3ccccc3)c3ccccc3)cs2)cs1.[I-]. The summed E-state index contributed by atoms with van der Waals surface area (Å²) in [4.78, 5) is 9.71. The van der Waals surface area contributed by atoms with E-state index in [9.17, 15) is 5.11 Å². The van der Waals surface area contributed by atoms with Crippen LogP contribution in [0.5, 0.6) is 0 Å². The van der Waals surface area contributed by atoms with Crippen molar-refractivity contribution in [2.75, 3.05) is 0 Å². The Morgan fingerprint density at radius 2 is 1.20 bits per heavy atom. The highest BCUT2D eigenvalue weighted by atomic mass is 127. The Bertz CT molecular complexity index is 1270. The zero-order valence-corrected chi connectivity index (χ0v) is 24.2. The Balaban J connectivity index is 0.00000289. The minimum atomic E-state index is -1.99. The van der Waals surface area contributed by atoms with E-state index >= 15 is 0 Å². The molecule has 2 aromatic heterocycles. The minimum absolute atomic E-state index is 0. The van der Waals surface area contributed by atoms with E-state index in [1.54, 1.807) is 25.2 Å². The number of rotatable bonds is 7. The van der Waals surface area contributed by atoms with Gasteiger partial charge in [0.15, 0.2) is 0 Å². The third-order valence-corrected chi connectivity index (χ3v) is 12.2. The minimum Gasteiger partial charge on any atom is -1.00 e. The van der Waals surface area contributed by atoms with Crippen molar-refractivity contribution >= 4 is 45.8 Å². The molecule has 0 saturated heterocycles. The molecule has 35 heavy (non-hydrogen) atoms. The largest absolute Gasteiger partial charge is 1.00 e. The van der Waals surface area contributed by atoms with Gasteiger partial charge in [-0.25, -0.2) is 9.97 Å². The molecule has 3 nitrogen and oxygen atoms in total. The van der Waals surface area contributed by atoms with Gasteiger partial charge in [0.1, 0.15) is 50.6 Å². The van der Waals surface area contributed by atoms with Gasteiger partial charge in [0, 0.05) is 10.8 Å². The number of aliphatic hydroxyl groups is 1. The lowest BCUT2D eigenvalue weighted by Crippen LogP contribution is -3.00. The van der Waals surface area contributed by atoms with Crippen LogP contribution >= 0.6 is 29.9 Å². The molecule has 0 aliphatic heterocycles. The highest BCUT2D eigenvalue weighted by molar-refractivity contribution is 7.95. The maximum Gasteiger partial charge on any atom is 0.143 e. The fourth-order valence-corrected chi connectivity index (χ4v) is 10.1. The fourth-order valence-electron chi connectivity index (χ4n) is 4.16. The van der Waals surface area contributed by atoms with Crippen molar-refractivity contribution in [1.29, 1.82) is 0 Å². The average Bonchev–Trinajstić information content (AvgIpc) is 3.54. The number of hydrogen-bond acceptors (Lipinski definition) is 5. The second kappa shape index (κ2) is 11.0. The van der Waals surface area contributed by atoms with Crippen LogP contribution < -0.4 is 39.9 Å². The van der Waals surface area contributed by atoms with E-state index in [-0.39, 0.29) is 24.0 Å². The lowest BCUT2D eigenvalue weighted by Gasteiger charge is -2.27. The number of halogens is 1. The first-order valence-corrected chi connectivity index (χ1v) is 14.9. The molecule has 7 heteroatoms. The normalized spacial score (nSPS) is 11.7. The summed E-state index contributed by atoms with van der Waals surface area (Å²) >= 11 is 3.10. The molecule has 178 valence electrons. The zero-order valence-electron chi connectivity index (χ0n) is 19.5. The van der Waals surface area contributed by atoms with Crippen LogP contribution in [0.15, 0.2) is 102 Å². The lowest BCUT2D eigenvalue weighted by atomic mass is 10.2. The molecule has 5 aromatic rings. The number of benzene rings is 3. The van der Waals surface area contributed by atoms with Gasteiger partial charge in [0.2, 0.25) is 0 Å². The van der Waals surface area contributed by atoms with Crippen molar-refractivity contribution in [2.24, 2.45) is 0 Å². The van der Waals surface area contributed by atoms with Crippen LogP contribution in [0.2, 0.25) is 0 Å². The molecule has 2 heterocycles.